The van der Waals surface area contributed by atoms with Crippen molar-refractivity contribution in [1.29, 1.82) is 0 Å². The van der Waals surface area contributed by atoms with Gasteiger partial charge in [0.05, 0.1) is 5.92 Å². The van der Waals surface area contributed by atoms with E-state index in [0.29, 0.717) is 18.4 Å². The van der Waals surface area contributed by atoms with Crippen molar-refractivity contribution >= 4 is 11.9 Å². The molecule has 0 spiro atoms. The van der Waals surface area contributed by atoms with Gasteiger partial charge in [-0.15, -0.1) is 0 Å². The van der Waals surface area contributed by atoms with Gasteiger partial charge in [-0.1, -0.05) is 20.3 Å². The monoisotopic (exact) mass is 277 g/mol. The van der Waals surface area contributed by atoms with Crippen LogP contribution in [0.15, 0.2) is 6.07 Å². The van der Waals surface area contributed by atoms with Crippen LogP contribution in [-0.4, -0.2) is 27.6 Å². The fourth-order valence-electron chi connectivity index (χ4n) is 2.80. The fraction of sp³-hybridized carbons (Fsp3) is 0.667. The Morgan fingerprint density at radius 1 is 1.45 bits per heavy atom. The van der Waals surface area contributed by atoms with E-state index >= 15 is 0 Å². The molecule has 1 aliphatic carbocycles. The highest BCUT2D eigenvalue weighted by Crippen LogP contribution is 2.31. The Balaban J connectivity index is 2.02. The van der Waals surface area contributed by atoms with Crippen molar-refractivity contribution < 1.29 is 9.90 Å². The first-order chi connectivity index (χ1) is 9.47. The molecule has 0 saturated heterocycles. The second-order valence-electron chi connectivity index (χ2n) is 5.93. The van der Waals surface area contributed by atoms with Crippen molar-refractivity contribution in [1.82, 2.24) is 9.97 Å². The lowest BCUT2D eigenvalue weighted by molar-refractivity contribution is -0.142. The van der Waals surface area contributed by atoms with E-state index < -0.39 is 5.97 Å². The Kier molecular flexibility index (Phi) is 4.57. The first kappa shape index (κ1) is 14.8. The van der Waals surface area contributed by atoms with E-state index in [4.69, 9.17) is 0 Å². The van der Waals surface area contributed by atoms with E-state index in [-0.39, 0.29) is 11.8 Å². The number of carbonyl (C=O) groups is 1. The van der Waals surface area contributed by atoms with Crippen LogP contribution in [0.3, 0.4) is 0 Å². The summed E-state index contributed by atoms with van der Waals surface area (Å²) in [5.74, 6) is 0.249. The molecule has 5 heteroatoms. The lowest BCUT2D eigenvalue weighted by Gasteiger charge is -2.17. The summed E-state index contributed by atoms with van der Waals surface area (Å²) in [6.45, 7) is 6.79. The Labute approximate surface area is 119 Å². The van der Waals surface area contributed by atoms with Gasteiger partial charge in [0.2, 0.25) is 5.95 Å². The summed E-state index contributed by atoms with van der Waals surface area (Å²) in [4.78, 5) is 20.0. The molecular formula is C15H23N3O2. The lowest BCUT2D eigenvalue weighted by atomic mass is 9.96. The average Bonchev–Trinajstić information content (AvgIpc) is 2.84. The van der Waals surface area contributed by atoms with E-state index in [2.05, 4.69) is 29.1 Å². The Morgan fingerprint density at radius 2 is 2.20 bits per heavy atom. The van der Waals surface area contributed by atoms with Crippen LogP contribution >= 0.6 is 0 Å². The summed E-state index contributed by atoms with van der Waals surface area (Å²) in [6.07, 6.45) is 2.75. The van der Waals surface area contributed by atoms with Gasteiger partial charge >= 0.3 is 5.97 Å². The molecule has 0 bridgehead atoms. The van der Waals surface area contributed by atoms with Crippen molar-refractivity contribution in [2.45, 2.75) is 46.0 Å². The first-order valence-corrected chi connectivity index (χ1v) is 7.29. The number of hydrogen-bond donors (Lipinski definition) is 2. The number of rotatable bonds is 5. The summed E-state index contributed by atoms with van der Waals surface area (Å²) in [5, 5.41) is 12.4. The lowest BCUT2D eigenvalue weighted by Crippen LogP contribution is -2.25. The molecule has 2 unspecified atom stereocenters. The summed E-state index contributed by atoms with van der Waals surface area (Å²) in [5.41, 5.74) is 1.95. The molecule has 0 radical (unpaired) electrons. The van der Waals surface area contributed by atoms with E-state index in [1.54, 1.807) is 0 Å². The predicted octanol–water partition coefficient (Wildman–Crippen LogP) is 2.82. The van der Waals surface area contributed by atoms with E-state index in [9.17, 15) is 9.90 Å². The molecule has 1 aliphatic rings. The standard InChI is InChI=1S/C15H23N3O2/c1-9(2)13-7-10(3)17-15(18-13)16-8-11-5-4-6-12(11)14(19)20/h7,9,11-12H,4-6,8H2,1-3H3,(H,19,20)(H,16,17,18). The molecule has 0 aromatic carbocycles. The summed E-state index contributed by atoms with van der Waals surface area (Å²) in [6, 6.07) is 1.99. The van der Waals surface area contributed by atoms with Crippen molar-refractivity contribution in [3.63, 3.8) is 0 Å². The third kappa shape index (κ3) is 3.46. The SMILES string of the molecule is Cc1cc(C(C)C)nc(NCC2CCCC2C(=O)O)n1. The van der Waals surface area contributed by atoms with Crippen LogP contribution in [-0.2, 0) is 4.79 Å². The van der Waals surface area contributed by atoms with E-state index in [1.807, 2.05) is 13.0 Å². The summed E-state index contributed by atoms with van der Waals surface area (Å²) < 4.78 is 0. The van der Waals surface area contributed by atoms with Crippen molar-refractivity contribution in [2.75, 3.05) is 11.9 Å². The van der Waals surface area contributed by atoms with Crippen molar-refractivity contribution in [2.24, 2.45) is 11.8 Å². The maximum Gasteiger partial charge on any atom is 0.306 e. The van der Waals surface area contributed by atoms with E-state index in [0.717, 1.165) is 30.7 Å². The zero-order chi connectivity index (χ0) is 14.7. The van der Waals surface area contributed by atoms with E-state index in [1.165, 1.54) is 0 Å². The summed E-state index contributed by atoms with van der Waals surface area (Å²) in [7, 11) is 0. The Morgan fingerprint density at radius 3 is 2.85 bits per heavy atom. The second-order valence-corrected chi connectivity index (χ2v) is 5.93. The number of aliphatic carboxylic acids is 1. The molecule has 2 rings (SSSR count). The van der Waals surface area contributed by atoms with Crippen LogP contribution in [0, 0.1) is 18.8 Å². The molecule has 20 heavy (non-hydrogen) atoms. The normalized spacial score (nSPS) is 22.2. The number of nitrogens with one attached hydrogen (secondary N) is 1. The van der Waals surface area contributed by atoms with Gasteiger partial charge in [0, 0.05) is 17.9 Å². The first-order valence-electron chi connectivity index (χ1n) is 7.29. The van der Waals surface area contributed by atoms with Crippen LogP contribution in [0.25, 0.3) is 0 Å². The van der Waals surface area contributed by atoms with Crippen LogP contribution in [0.4, 0.5) is 5.95 Å². The number of carboxylic acid groups (broad SMARTS) is 1. The highest BCUT2D eigenvalue weighted by Gasteiger charge is 2.32. The maximum atomic E-state index is 11.2. The van der Waals surface area contributed by atoms with Gasteiger partial charge < -0.3 is 10.4 Å². The van der Waals surface area contributed by atoms with Gasteiger partial charge in [0.1, 0.15) is 0 Å². The average molecular weight is 277 g/mol. The van der Waals surface area contributed by atoms with Gasteiger partial charge in [-0.2, -0.15) is 0 Å². The highest BCUT2D eigenvalue weighted by atomic mass is 16.4. The number of carboxylic acids is 1. The Bertz CT molecular complexity index is 488. The van der Waals surface area contributed by atoms with Gasteiger partial charge in [0.15, 0.2) is 0 Å². The minimum atomic E-state index is -0.678. The molecule has 110 valence electrons. The number of hydrogen-bond acceptors (Lipinski definition) is 4. The van der Waals surface area contributed by atoms with Gasteiger partial charge in [-0.3, -0.25) is 4.79 Å². The zero-order valence-corrected chi connectivity index (χ0v) is 12.4. The molecule has 1 saturated carbocycles. The van der Waals surface area contributed by atoms with Crippen molar-refractivity contribution in [3.8, 4) is 0 Å². The van der Waals surface area contributed by atoms with Crippen molar-refractivity contribution in [3.05, 3.63) is 17.5 Å². The number of anilines is 1. The van der Waals surface area contributed by atoms with Gasteiger partial charge in [0.25, 0.3) is 0 Å². The maximum absolute atomic E-state index is 11.2. The number of aryl methyl sites for hydroxylation is 1. The van der Waals surface area contributed by atoms with Crippen LogP contribution in [0.5, 0.6) is 0 Å². The van der Waals surface area contributed by atoms with Gasteiger partial charge in [-0.25, -0.2) is 9.97 Å². The number of aromatic nitrogens is 2. The smallest absolute Gasteiger partial charge is 0.306 e. The van der Waals surface area contributed by atoms with Crippen LogP contribution in [0.2, 0.25) is 0 Å². The molecule has 2 atom stereocenters. The van der Waals surface area contributed by atoms with Crippen LogP contribution in [0.1, 0.15) is 50.4 Å². The zero-order valence-electron chi connectivity index (χ0n) is 12.4. The summed E-state index contributed by atoms with van der Waals surface area (Å²) >= 11 is 0. The molecule has 0 amide bonds. The topological polar surface area (TPSA) is 75.1 Å². The van der Waals surface area contributed by atoms with Gasteiger partial charge in [-0.05, 0) is 37.7 Å². The fourth-order valence-corrected chi connectivity index (χ4v) is 2.80. The van der Waals surface area contributed by atoms with Crippen LogP contribution < -0.4 is 5.32 Å². The molecule has 1 fully saturated rings. The molecule has 5 nitrogen and oxygen atoms in total. The molecular weight excluding hydrogens is 254 g/mol. The third-order valence-electron chi connectivity index (χ3n) is 3.96. The molecule has 2 N–H and O–H groups in total. The molecule has 1 aromatic heterocycles. The predicted molar refractivity (Wildman–Crippen MR) is 77.8 cm³/mol. The second kappa shape index (κ2) is 6.20. The quantitative estimate of drug-likeness (QED) is 0.865. The minimum absolute atomic E-state index is 0.180. The molecule has 0 aliphatic heterocycles. The third-order valence-corrected chi connectivity index (χ3v) is 3.96. The highest BCUT2D eigenvalue weighted by molar-refractivity contribution is 5.70. The minimum Gasteiger partial charge on any atom is -0.481 e. The largest absolute Gasteiger partial charge is 0.481 e. The Hall–Kier alpha value is -1.65. The molecule has 1 heterocycles. The molecule has 1 aromatic rings. The number of nitrogens with zero attached hydrogens (tertiary/aromatic N) is 2.